The number of ether oxygens (including phenoxy) is 1. The maximum atomic E-state index is 13.0. The van der Waals surface area contributed by atoms with Gasteiger partial charge in [0.15, 0.2) is 11.6 Å². The van der Waals surface area contributed by atoms with Crippen LogP contribution in [-0.4, -0.2) is 24.1 Å². The van der Waals surface area contributed by atoms with Gasteiger partial charge in [0.2, 0.25) is 0 Å². The van der Waals surface area contributed by atoms with Crippen LogP contribution < -0.4 is 0 Å². The molecule has 0 amide bonds. The molecule has 0 aliphatic heterocycles. The van der Waals surface area contributed by atoms with E-state index in [0.717, 1.165) is 19.3 Å². The summed E-state index contributed by atoms with van der Waals surface area (Å²) in [6.45, 7) is 10.2. The van der Waals surface area contributed by atoms with Gasteiger partial charge in [-0.3, -0.25) is 14.4 Å². The molecule has 0 aromatic heterocycles. The summed E-state index contributed by atoms with van der Waals surface area (Å²) in [7, 11) is 0. The molecule has 0 aromatic carbocycles. The van der Waals surface area contributed by atoms with Gasteiger partial charge in [-0.05, 0) is 73.0 Å². The van der Waals surface area contributed by atoms with Crippen molar-refractivity contribution < 1.29 is 19.1 Å². The molecule has 2 unspecified atom stereocenters. The molecule has 0 heterocycles. The van der Waals surface area contributed by atoms with Gasteiger partial charge in [-0.25, -0.2) is 0 Å². The van der Waals surface area contributed by atoms with E-state index in [-0.39, 0.29) is 40.8 Å². The summed E-state index contributed by atoms with van der Waals surface area (Å²) in [5.41, 5.74) is 2.40. The van der Waals surface area contributed by atoms with Crippen LogP contribution in [0.2, 0.25) is 0 Å². The van der Waals surface area contributed by atoms with Crippen molar-refractivity contribution in [1.82, 2.24) is 0 Å². The Morgan fingerprint density at radius 3 is 2.59 bits per heavy atom. The zero-order valence-electron chi connectivity index (χ0n) is 18.2. The number of carbonyl (C=O) groups is 3. The van der Waals surface area contributed by atoms with Gasteiger partial charge in [0.1, 0.15) is 6.61 Å². The van der Waals surface area contributed by atoms with Crippen molar-refractivity contribution in [2.75, 3.05) is 6.61 Å². The quantitative estimate of drug-likeness (QED) is 0.522. The van der Waals surface area contributed by atoms with Crippen LogP contribution in [0.3, 0.4) is 0 Å². The standard InChI is InChI=1S/C25H32O4/c1-14-10-18-19(24(4)8-6-17(27)12-20(14)24)7-9-25(5)21(18)11-15(2)23(25)22(28)13-29-16(3)26/h6-8,12,14-15,18,21,23H,9-11,13H2,1-5H3/t14-,15+,18?,21?,23+,24+,25-/m0/s1. The van der Waals surface area contributed by atoms with Gasteiger partial charge in [-0.1, -0.05) is 38.5 Å². The maximum absolute atomic E-state index is 13.0. The van der Waals surface area contributed by atoms with E-state index in [9.17, 15) is 14.4 Å². The first-order valence-corrected chi connectivity index (χ1v) is 10.9. The van der Waals surface area contributed by atoms with Gasteiger partial charge >= 0.3 is 5.97 Å². The Labute approximate surface area is 173 Å². The number of rotatable bonds is 3. The molecule has 0 bridgehead atoms. The molecule has 4 aliphatic carbocycles. The fourth-order valence-electron chi connectivity index (χ4n) is 7.24. The van der Waals surface area contributed by atoms with Gasteiger partial charge in [0.05, 0.1) is 0 Å². The van der Waals surface area contributed by atoms with Crippen molar-refractivity contribution in [1.29, 1.82) is 0 Å². The van der Waals surface area contributed by atoms with E-state index < -0.39 is 5.97 Å². The molecule has 0 radical (unpaired) electrons. The Hall–Kier alpha value is -1.97. The molecule has 4 rings (SSSR count). The Morgan fingerprint density at radius 2 is 1.90 bits per heavy atom. The molecule has 0 aromatic rings. The highest BCUT2D eigenvalue weighted by Crippen LogP contribution is 2.65. The van der Waals surface area contributed by atoms with E-state index in [0.29, 0.717) is 17.8 Å². The minimum Gasteiger partial charge on any atom is -0.458 e. The summed E-state index contributed by atoms with van der Waals surface area (Å²) in [5, 5.41) is 0. The van der Waals surface area contributed by atoms with Gasteiger partial charge in [-0.2, -0.15) is 0 Å². The third kappa shape index (κ3) is 2.98. The fourth-order valence-corrected chi connectivity index (χ4v) is 7.24. The highest BCUT2D eigenvalue weighted by atomic mass is 16.5. The van der Waals surface area contributed by atoms with Crippen molar-refractivity contribution in [2.45, 2.75) is 53.9 Å². The average Bonchev–Trinajstić information content (AvgIpc) is 2.92. The van der Waals surface area contributed by atoms with Crippen molar-refractivity contribution in [2.24, 2.45) is 40.4 Å². The third-order valence-corrected chi connectivity index (χ3v) is 8.38. The zero-order valence-corrected chi connectivity index (χ0v) is 18.2. The van der Waals surface area contributed by atoms with E-state index in [1.165, 1.54) is 18.1 Å². The second-order valence-electron chi connectivity index (χ2n) is 10.2. The number of ketones is 2. The summed E-state index contributed by atoms with van der Waals surface area (Å²) in [4.78, 5) is 36.2. The molecule has 156 valence electrons. The van der Waals surface area contributed by atoms with Gasteiger partial charge < -0.3 is 4.74 Å². The molecule has 7 atom stereocenters. The summed E-state index contributed by atoms with van der Waals surface area (Å²) < 4.78 is 5.06. The van der Waals surface area contributed by atoms with E-state index >= 15 is 0 Å². The zero-order chi connectivity index (χ0) is 21.1. The molecule has 29 heavy (non-hydrogen) atoms. The number of allylic oxidation sites excluding steroid dienone is 6. The summed E-state index contributed by atoms with van der Waals surface area (Å²) >= 11 is 0. The van der Waals surface area contributed by atoms with Crippen LogP contribution in [0.15, 0.2) is 35.5 Å². The first kappa shape index (κ1) is 20.3. The van der Waals surface area contributed by atoms with Crippen molar-refractivity contribution >= 4 is 17.5 Å². The van der Waals surface area contributed by atoms with E-state index in [4.69, 9.17) is 4.74 Å². The lowest BCUT2D eigenvalue weighted by Gasteiger charge is -2.54. The van der Waals surface area contributed by atoms with Gasteiger partial charge in [0.25, 0.3) is 0 Å². The molecule has 4 aliphatic rings. The second-order valence-corrected chi connectivity index (χ2v) is 10.2. The maximum Gasteiger partial charge on any atom is 0.303 e. The van der Waals surface area contributed by atoms with Crippen molar-refractivity contribution in [3.63, 3.8) is 0 Å². The van der Waals surface area contributed by atoms with E-state index in [1.54, 1.807) is 6.08 Å². The molecular weight excluding hydrogens is 364 g/mol. The lowest BCUT2D eigenvalue weighted by atomic mass is 9.50. The largest absolute Gasteiger partial charge is 0.458 e. The van der Waals surface area contributed by atoms with Crippen LogP contribution in [0.5, 0.6) is 0 Å². The molecule has 0 saturated heterocycles. The number of esters is 1. The number of carbonyl (C=O) groups excluding carboxylic acids is 3. The molecule has 0 spiro atoms. The normalized spacial score (nSPS) is 42.9. The van der Waals surface area contributed by atoms with Crippen molar-refractivity contribution in [3.05, 3.63) is 35.5 Å². The molecular formula is C25H32O4. The van der Waals surface area contributed by atoms with Gasteiger partial charge in [0, 0.05) is 18.3 Å². The van der Waals surface area contributed by atoms with Crippen LogP contribution in [0.25, 0.3) is 0 Å². The number of hydrogen-bond donors (Lipinski definition) is 0. The van der Waals surface area contributed by atoms with Crippen LogP contribution in [0.4, 0.5) is 0 Å². The highest BCUT2D eigenvalue weighted by molar-refractivity contribution is 6.01. The molecule has 4 nitrogen and oxygen atoms in total. The third-order valence-electron chi connectivity index (χ3n) is 8.38. The van der Waals surface area contributed by atoms with Crippen molar-refractivity contribution in [3.8, 4) is 0 Å². The highest BCUT2D eigenvalue weighted by Gasteiger charge is 2.60. The lowest BCUT2D eigenvalue weighted by molar-refractivity contribution is -0.148. The Morgan fingerprint density at radius 1 is 1.17 bits per heavy atom. The first-order chi connectivity index (χ1) is 13.6. The summed E-state index contributed by atoms with van der Waals surface area (Å²) in [6.07, 6.45) is 11.0. The summed E-state index contributed by atoms with van der Waals surface area (Å²) in [5.74, 6) is 1.18. The average molecular weight is 397 g/mol. The fraction of sp³-hybridized carbons (Fsp3) is 0.640. The predicted octanol–water partition coefficient (Wildman–Crippen LogP) is 4.45. The first-order valence-electron chi connectivity index (χ1n) is 10.9. The predicted molar refractivity (Wildman–Crippen MR) is 111 cm³/mol. The van der Waals surface area contributed by atoms with E-state index in [1.807, 2.05) is 6.08 Å². The monoisotopic (exact) mass is 396 g/mol. The topological polar surface area (TPSA) is 60.4 Å². The van der Waals surface area contributed by atoms with Crippen LogP contribution in [-0.2, 0) is 19.1 Å². The van der Waals surface area contributed by atoms with E-state index in [2.05, 4.69) is 39.8 Å². The summed E-state index contributed by atoms with van der Waals surface area (Å²) in [6, 6.07) is 0. The molecule has 0 N–H and O–H groups in total. The van der Waals surface area contributed by atoms with Crippen LogP contribution in [0.1, 0.15) is 53.9 Å². The Bertz CT molecular complexity index is 862. The number of fused-ring (bicyclic) bond motifs is 5. The molecule has 2 fully saturated rings. The smallest absolute Gasteiger partial charge is 0.303 e. The van der Waals surface area contributed by atoms with Gasteiger partial charge in [-0.15, -0.1) is 0 Å². The minimum absolute atomic E-state index is 0.0633. The lowest BCUT2D eigenvalue weighted by Crippen LogP contribution is -2.47. The minimum atomic E-state index is -0.400. The number of hydrogen-bond acceptors (Lipinski definition) is 4. The Balaban J connectivity index is 1.69. The SMILES string of the molecule is CC(=O)OCC(=O)[C@H]1[C@H](C)CC2C3C[C@H](C)C4=CC(=O)C=C[C@]4(C)C3=CC[C@@]21C. The molecule has 2 saturated carbocycles. The second kappa shape index (κ2) is 6.78. The van der Waals surface area contributed by atoms with Crippen LogP contribution >= 0.6 is 0 Å². The number of Topliss-reactive ketones (excluding diaryl/α,β-unsaturated/α-hetero) is 1. The van der Waals surface area contributed by atoms with Crippen LogP contribution in [0, 0.1) is 40.4 Å². The molecule has 4 heteroatoms. The Kier molecular flexibility index (Phi) is 4.75.